The first-order chi connectivity index (χ1) is 13.8. The molecule has 0 bridgehead atoms. The minimum atomic E-state index is -4.36. The summed E-state index contributed by atoms with van der Waals surface area (Å²) in [6, 6.07) is 7.20. The van der Waals surface area contributed by atoms with Gasteiger partial charge in [0.1, 0.15) is 11.6 Å². The molecule has 3 nitrogen and oxygen atoms in total. The summed E-state index contributed by atoms with van der Waals surface area (Å²) >= 11 is 1.65. The predicted octanol–water partition coefficient (Wildman–Crippen LogP) is 7.15. The highest BCUT2D eigenvalue weighted by atomic mass is 32.1. The topological polar surface area (TPSA) is 37.8 Å². The number of hydrogen-bond acceptors (Lipinski definition) is 4. The van der Waals surface area contributed by atoms with Gasteiger partial charge in [0.15, 0.2) is 0 Å². The van der Waals surface area contributed by atoms with Crippen LogP contribution in [0, 0.1) is 6.92 Å². The highest BCUT2D eigenvalue weighted by molar-refractivity contribution is 7.20. The minimum absolute atomic E-state index is 0.325. The average Bonchev–Trinajstić information content (AvgIpc) is 3.12. The Morgan fingerprint density at radius 2 is 1.97 bits per heavy atom. The number of hydrogen-bond donors (Lipinski definition) is 1. The maximum Gasteiger partial charge on any atom is 0.416 e. The van der Waals surface area contributed by atoms with Gasteiger partial charge in [-0.2, -0.15) is 13.2 Å². The number of halogens is 3. The number of nitrogens with zero attached hydrogens (tertiary/aromatic N) is 2. The molecule has 0 saturated heterocycles. The number of aromatic nitrogens is 2. The molecule has 7 heteroatoms. The van der Waals surface area contributed by atoms with Crippen molar-refractivity contribution in [3.8, 4) is 0 Å². The van der Waals surface area contributed by atoms with Crippen LogP contribution in [0.1, 0.15) is 60.5 Å². The Hall–Kier alpha value is -2.41. The van der Waals surface area contributed by atoms with E-state index in [0.29, 0.717) is 17.2 Å². The number of nitrogens with one attached hydrogen (secondary N) is 1. The molecule has 0 unspecified atom stereocenters. The first-order valence-corrected chi connectivity index (χ1v) is 10.5. The van der Waals surface area contributed by atoms with Crippen molar-refractivity contribution in [2.24, 2.45) is 0 Å². The zero-order valence-electron chi connectivity index (χ0n) is 16.3. The minimum Gasteiger partial charge on any atom is -0.362 e. The molecule has 1 aromatic carbocycles. The lowest BCUT2D eigenvalue weighted by Gasteiger charge is -2.17. The first-order valence-electron chi connectivity index (χ1n) is 9.72. The van der Waals surface area contributed by atoms with Gasteiger partial charge < -0.3 is 5.32 Å². The molecular formula is C22H22F3N3S. The lowest BCUT2D eigenvalue weighted by molar-refractivity contribution is -0.137. The van der Waals surface area contributed by atoms with Gasteiger partial charge in [0.05, 0.1) is 21.8 Å². The number of allylic oxidation sites excluding steroid dienone is 2. The van der Waals surface area contributed by atoms with Gasteiger partial charge in [0.25, 0.3) is 0 Å². The summed E-state index contributed by atoms with van der Waals surface area (Å²) in [5, 5.41) is 3.31. The number of rotatable bonds is 4. The molecule has 4 rings (SSSR count). The van der Waals surface area contributed by atoms with Crippen molar-refractivity contribution in [1.82, 2.24) is 9.97 Å². The van der Waals surface area contributed by atoms with Gasteiger partial charge in [-0.3, -0.25) is 0 Å². The molecule has 1 aliphatic carbocycles. The Balaban J connectivity index is 1.67. The quantitative estimate of drug-likeness (QED) is 0.490. The highest BCUT2D eigenvalue weighted by Gasteiger charge is 2.30. The third kappa shape index (κ3) is 4.29. The molecule has 29 heavy (non-hydrogen) atoms. The molecule has 0 amide bonds. The van der Waals surface area contributed by atoms with Crippen LogP contribution in [0.25, 0.3) is 15.8 Å². The van der Waals surface area contributed by atoms with Gasteiger partial charge >= 0.3 is 6.18 Å². The highest BCUT2D eigenvalue weighted by Crippen LogP contribution is 2.38. The van der Waals surface area contributed by atoms with E-state index in [1.165, 1.54) is 35.4 Å². The van der Waals surface area contributed by atoms with E-state index < -0.39 is 11.7 Å². The molecule has 0 fully saturated rings. The molecule has 1 atom stereocenters. The summed E-state index contributed by atoms with van der Waals surface area (Å²) in [5.41, 5.74) is 2.16. The van der Waals surface area contributed by atoms with E-state index in [9.17, 15) is 13.2 Å². The number of anilines is 1. The zero-order valence-corrected chi connectivity index (χ0v) is 17.1. The van der Waals surface area contributed by atoms with E-state index in [1.54, 1.807) is 17.4 Å². The van der Waals surface area contributed by atoms with Crippen LogP contribution in [0.4, 0.5) is 19.0 Å². The first kappa shape index (κ1) is 19.9. The Bertz CT molecular complexity index is 1070. The molecule has 152 valence electrons. The monoisotopic (exact) mass is 417 g/mol. The van der Waals surface area contributed by atoms with Crippen molar-refractivity contribution in [3.63, 3.8) is 0 Å². The summed E-state index contributed by atoms with van der Waals surface area (Å²) < 4.78 is 40.1. The third-order valence-corrected chi connectivity index (χ3v) is 6.36. The number of fused-ring (bicyclic) bond motifs is 1. The SMILES string of the molecule is Cc1nc(N[C@H](C)c2cccc(C(F)(F)F)c2)c2sc(C3=CCCCC3)cc2n1. The predicted molar refractivity (Wildman–Crippen MR) is 112 cm³/mol. The second kappa shape index (κ2) is 7.78. The molecule has 0 saturated carbocycles. The van der Waals surface area contributed by atoms with Crippen LogP contribution in [-0.4, -0.2) is 9.97 Å². The Morgan fingerprint density at radius 1 is 1.14 bits per heavy atom. The largest absolute Gasteiger partial charge is 0.416 e. The summed E-state index contributed by atoms with van der Waals surface area (Å²) in [5.74, 6) is 1.31. The smallest absolute Gasteiger partial charge is 0.362 e. The average molecular weight is 418 g/mol. The van der Waals surface area contributed by atoms with Crippen LogP contribution >= 0.6 is 11.3 Å². The zero-order chi connectivity index (χ0) is 20.6. The number of thiophene rings is 1. The van der Waals surface area contributed by atoms with Gasteiger partial charge in [0.2, 0.25) is 0 Å². The maximum absolute atomic E-state index is 13.1. The number of aryl methyl sites for hydroxylation is 1. The van der Waals surface area contributed by atoms with E-state index in [2.05, 4.69) is 27.4 Å². The molecule has 1 N–H and O–H groups in total. The second-order valence-corrected chi connectivity index (χ2v) is 8.46. The van der Waals surface area contributed by atoms with Crippen molar-refractivity contribution in [2.45, 2.75) is 51.7 Å². The maximum atomic E-state index is 13.1. The van der Waals surface area contributed by atoms with Crippen molar-refractivity contribution < 1.29 is 13.2 Å². The van der Waals surface area contributed by atoms with E-state index in [4.69, 9.17) is 0 Å². The fourth-order valence-electron chi connectivity index (χ4n) is 3.64. The molecule has 0 radical (unpaired) electrons. The normalized spacial score (nSPS) is 16.0. The molecule has 2 aromatic heterocycles. The fourth-order valence-corrected chi connectivity index (χ4v) is 4.75. The van der Waals surface area contributed by atoms with Gasteiger partial charge in [-0.1, -0.05) is 18.2 Å². The summed E-state index contributed by atoms with van der Waals surface area (Å²) in [7, 11) is 0. The lowest BCUT2D eigenvalue weighted by Crippen LogP contribution is -2.11. The standard InChI is InChI=1S/C22H22F3N3S/c1-13(16-9-6-10-17(11-16)22(23,24)25)26-21-20-18(27-14(2)28-21)12-19(29-20)15-7-4-3-5-8-15/h6-7,9-13H,3-5,8H2,1-2H3,(H,26,27,28)/t13-/m1/s1. The second-order valence-electron chi connectivity index (χ2n) is 7.41. The summed E-state index contributed by atoms with van der Waals surface area (Å²) in [6.45, 7) is 3.67. The third-order valence-electron chi connectivity index (χ3n) is 5.16. The van der Waals surface area contributed by atoms with Crippen molar-refractivity contribution in [1.29, 1.82) is 0 Å². The van der Waals surface area contributed by atoms with Gasteiger partial charge in [-0.15, -0.1) is 11.3 Å². The molecule has 0 spiro atoms. The van der Waals surface area contributed by atoms with Crippen LogP contribution in [0.15, 0.2) is 36.4 Å². The summed E-state index contributed by atoms with van der Waals surface area (Å²) in [6.07, 6.45) is 2.55. The molecule has 1 aliphatic rings. The molecule has 0 aliphatic heterocycles. The van der Waals surface area contributed by atoms with Gasteiger partial charge in [-0.05, 0) is 68.9 Å². The molecule has 2 heterocycles. The van der Waals surface area contributed by atoms with Crippen LogP contribution in [0.3, 0.4) is 0 Å². The Kier molecular flexibility index (Phi) is 5.34. The molecular weight excluding hydrogens is 395 g/mol. The number of benzene rings is 1. The Labute approximate surface area is 171 Å². The van der Waals surface area contributed by atoms with Crippen molar-refractivity contribution >= 4 is 32.9 Å². The van der Waals surface area contributed by atoms with Crippen molar-refractivity contribution in [3.05, 3.63) is 58.2 Å². The van der Waals surface area contributed by atoms with E-state index in [-0.39, 0.29) is 6.04 Å². The van der Waals surface area contributed by atoms with E-state index in [0.717, 1.165) is 29.1 Å². The van der Waals surface area contributed by atoms with Gasteiger partial charge in [-0.25, -0.2) is 9.97 Å². The van der Waals surface area contributed by atoms with Crippen molar-refractivity contribution in [2.75, 3.05) is 5.32 Å². The molecule has 3 aromatic rings. The van der Waals surface area contributed by atoms with Crippen LogP contribution < -0.4 is 5.32 Å². The van der Waals surface area contributed by atoms with Gasteiger partial charge in [0, 0.05) is 4.88 Å². The lowest BCUT2D eigenvalue weighted by atomic mass is 9.98. The van der Waals surface area contributed by atoms with E-state index in [1.807, 2.05) is 13.8 Å². The fraction of sp³-hybridized carbons (Fsp3) is 0.364. The van der Waals surface area contributed by atoms with Crippen LogP contribution in [-0.2, 0) is 6.18 Å². The number of alkyl halides is 3. The summed E-state index contributed by atoms with van der Waals surface area (Å²) in [4.78, 5) is 10.3. The van der Waals surface area contributed by atoms with Crippen LogP contribution in [0.2, 0.25) is 0 Å². The Morgan fingerprint density at radius 3 is 2.69 bits per heavy atom. The van der Waals surface area contributed by atoms with E-state index >= 15 is 0 Å². The van der Waals surface area contributed by atoms with Crippen LogP contribution in [0.5, 0.6) is 0 Å².